The van der Waals surface area contributed by atoms with E-state index in [1.807, 2.05) is 0 Å². The van der Waals surface area contributed by atoms with Gasteiger partial charge in [0.15, 0.2) is 0 Å². The molecule has 4 saturated heterocycles. The highest BCUT2D eigenvalue weighted by atomic mass is 15.3. The molecular formula is C37H56N4. The summed E-state index contributed by atoms with van der Waals surface area (Å²) in [7, 11) is 4.56. The zero-order valence-corrected chi connectivity index (χ0v) is 27.4. The third kappa shape index (κ3) is 5.80. The number of rotatable bonds is 4. The van der Waals surface area contributed by atoms with E-state index in [1.54, 1.807) is 0 Å². The molecule has 4 aliphatic rings. The van der Waals surface area contributed by atoms with Crippen LogP contribution < -0.4 is 9.80 Å². The van der Waals surface area contributed by atoms with Gasteiger partial charge < -0.3 is 19.6 Å². The third-order valence-corrected chi connectivity index (χ3v) is 11.1. The molecule has 0 saturated carbocycles. The summed E-state index contributed by atoms with van der Waals surface area (Å²) in [6.07, 6.45) is 6.37. The van der Waals surface area contributed by atoms with E-state index in [0.29, 0.717) is 10.8 Å². The van der Waals surface area contributed by atoms with E-state index in [4.69, 9.17) is 0 Å². The van der Waals surface area contributed by atoms with E-state index >= 15 is 0 Å². The molecule has 2 aromatic rings. The third-order valence-electron chi connectivity index (χ3n) is 11.1. The van der Waals surface area contributed by atoms with Gasteiger partial charge in [0, 0.05) is 62.5 Å². The molecule has 0 aliphatic carbocycles. The van der Waals surface area contributed by atoms with Gasteiger partial charge >= 0.3 is 0 Å². The van der Waals surface area contributed by atoms with Crippen LogP contribution in [0.2, 0.25) is 0 Å². The van der Waals surface area contributed by atoms with Crippen LogP contribution in [0, 0.1) is 10.8 Å². The normalized spacial score (nSPS) is 23.1. The molecule has 41 heavy (non-hydrogen) atoms. The fraction of sp³-hybridized carbons (Fsp3) is 0.676. The molecule has 0 radical (unpaired) electrons. The number of piperidine rings is 1. The molecule has 4 fully saturated rings. The number of likely N-dealkylation sites (tertiary alicyclic amines) is 2. The summed E-state index contributed by atoms with van der Waals surface area (Å²) in [5.74, 6) is 0. The average Bonchev–Trinajstić information content (AvgIpc) is 3.50. The summed E-state index contributed by atoms with van der Waals surface area (Å²) in [5, 5.41) is 0. The highest BCUT2D eigenvalue weighted by Crippen LogP contribution is 2.45. The lowest BCUT2D eigenvalue weighted by Gasteiger charge is -2.46. The Hall–Kier alpha value is -2.04. The van der Waals surface area contributed by atoms with E-state index in [1.165, 1.54) is 112 Å². The van der Waals surface area contributed by atoms with Crippen LogP contribution in [0.4, 0.5) is 11.4 Å². The predicted octanol–water partition coefficient (Wildman–Crippen LogP) is 6.94. The van der Waals surface area contributed by atoms with Crippen molar-refractivity contribution in [2.75, 3.05) is 76.3 Å². The fourth-order valence-electron chi connectivity index (χ4n) is 8.35. The van der Waals surface area contributed by atoms with E-state index < -0.39 is 0 Å². The van der Waals surface area contributed by atoms with Crippen molar-refractivity contribution in [3.8, 4) is 0 Å². The lowest BCUT2D eigenvalue weighted by Crippen LogP contribution is -2.55. The molecule has 224 valence electrons. The van der Waals surface area contributed by atoms with Crippen molar-refractivity contribution in [1.82, 2.24) is 9.80 Å². The Bertz CT molecular complexity index is 1250. The number of benzene rings is 2. The van der Waals surface area contributed by atoms with Crippen molar-refractivity contribution >= 4 is 11.4 Å². The molecule has 0 atom stereocenters. The van der Waals surface area contributed by atoms with Gasteiger partial charge in [-0.1, -0.05) is 65.8 Å². The molecular weight excluding hydrogens is 500 g/mol. The largest absolute Gasteiger partial charge is 0.371 e. The van der Waals surface area contributed by atoms with Crippen LogP contribution in [-0.2, 0) is 17.3 Å². The SMILES string of the molecule is CN1CCC2(CC1)CCN(c1ccc(C(C)(C)C)cc1Cc1cc(C(C)(C)C)ccc1N1CCC3(CN(C)C3)C1)C2. The zero-order chi connectivity index (χ0) is 29.2. The Morgan fingerprint density at radius 2 is 1.00 bits per heavy atom. The summed E-state index contributed by atoms with van der Waals surface area (Å²) in [6, 6.07) is 14.9. The first kappa shape index (κ1) is 29.1. The molecule has 4 heterocycles. The van der Waals surface area contributed by atoms with Crippen molar-refractivity contribution < 1.29 is 0 Å². The molecule has 0 N–H and O–H groups in total. The number of nitrogens with zero attached hydrogens (tertiary/aromatic N) is 4. The van der Waals surface area contributed by atoms with Crippen LogP contribution in [0.5, 0.6) is 0 Å². The van der Waals surface area contributed by atoms with Crippen molar-refractivity contribution in [2.24, 2.45) is 10.8 Å². The van der Waals surface area contributed by atoms with Crippen molar-refractivity contribution in [3.63, 3.8) is 0 Å². The lowest BCUT2D eigenvalue weighted by molar-refractivity contribution is 0.0424. The van der Waals surface area contributed by atoms with Crippen molar-refractivity contribution in [2.45, 2.75) is 84.5 Å². The van der Waals surface area contributed by atoms with E-state index in [-0.39, 0.29) is 10.8 Å². The molecule has 0 amide bonds. The maximum atomic E-state index is 2.76. The minimum Gasteiger partial charge on any atom is -0.371 e. The van der Waals surface area contributed by atoms with Gasteiger partial charge in [-0.2, -0.15) is 0 Å². The van der Waals surface area contributed by atoms with Gasteiger partial charge in [0.25, 0.3) is 0 Å². The summed E-state index contributed by atoms with van der Waals surface area (Å²) < 4.78 is 0. The molecule has 0 aromatic heterocycles. The second-order valence-electron chi connectivity index (χ2n) is 16.7. The molecule has 4 aliphatic heterocycles. The van der Waals surface area contributed by atoms with Gasteiger partial charge in [0.2, 0.25) is 0 Å². The molecule has 4 heteroatoms. The molecule has 0 bridgehead atoms. The quantitative estimate of drug-likeness (QED) is 0.405. The average molecular weight is 557 g/mol. The first-order valence-electron chi connectivity index (χ1n) is 16.4. The Balaban J connectivity index is 1.36. The Morgan fingerprint density at radius 1 is 0.561 bits per heavy atom. The van der Waals surface area contributed by atoms with Crippen LogP contribution in [0.3, 0.4) is 0 Å². The molecule has 0 unspecified atom stereocenters. The first-order chi connectivity index (χ1) is 19.2. The number of anilines is 2. The standard InChI is InChI=1S/C37H56N4/c1-34(2,3)30-9-11-32(40-19-15-36(26-40)13-17-38(7)18-14-36)28(22-30)21-29-23-31(35(4,5)6)10-12-33(29)41-20-16-37(27-41)24-39(8)25-37/h9-12,22-23H,13-21,24-27H2,1-8H3. The van der Waals surface area contributed by atoms with Gasteiger partial charge in [-0.25, -0.2) is 0 Å². The minimum atomic E-state index is 0.140. The van der Waals surface area contributed by atoms with Gasteiger partial charge in [-0.15, -0.1) is 0 Å². The monoisotopic (exact) mass is 556 g/mol. The highest BCUT2D eigenvalue weighted by molar-refractivity contribution is 5.63. The second kappa shape index (κ2) is 10.3. The topological polar surface area (TPSA) is 13.0 Å². The van der Waals surface area contributed by atoms with Crippen LogP contribution in [-0.4, -0.2) is 76.3 Å². The smallest absolute Gasteiger partial charge is 0.0402 e. The summed E-state index contributed by atoms with van der Waals surface area (Å²) in [5.41, 5.74) is 10.2. The molecule has 6 rings (SSSR count). The summed E-state index contributed by atoms with van der Waals surface area (Å²) >= 11 is 0. The van der Waals surface area contributed by atoms with Gasteiger partial charge in [-0.05, 0) is 103 Å². The van der Waals surface area contributed by atoms with Crippen molar-refractivity contribution in [1.29, 1.82) is 0 Å². The molecule has 2 spiro atoms. The maximum absolute atomic E-state index is 2.76. The molecule has 2 aromatic carbocycles. The van der Waals surface area contributed by atoms with Gasteiger partial charge in [0.1, 0.15) is 0 Å². The van der Waals surface area contributed by atoms with Crippen molar-refractivity contribution in [3.05, 3.63) is 58.7 Å². The van der Waals surface area contributed by atoms with E-state index in [0.717, 1.165) is 6.42 Å². The Kier molecular flexibility index (Phi) is 7.30. The summed E-state index contributed by atoms with van der Waals surface area (Å²) in [4.78, 5) is 10.5. The van der Waals surface area contributed by atoms with Crippen LogP contribution >= 0.6 is 0 Å². The van der Waals surface area contributed by atoms with Gasteiger partial charge in [0.05, 0.1) is 0 Å². The lowest BCUT2D eigenvalue weighted by atomic mass is 9.78. The van der Waals surface area contributed by atoms with Gasteiger partial charge in [-0.3, -0.25) is 0 Å². The van der Waals surface area contributed by atoms with E-state index in [9.17, 15) is 0 Å². The van der Waals surface area contributed by atoms with Crippen LogP contribution in [0.15, 0.2) is 36.4 Å². The number of hydrogen-bond donors (Lipinski definition) is 0. The zero-order valence-electron chi connectivity index (χ0n) is 27.4. The highest BCUT2D eigenvalue weighted by Gasteiger charge is 2.46. The first-order valence-corrected chi connectivity index (χ1v) is 16.4. The van der Waals surface area contributed by atoms with E-state index in [2.05, 4.69) is 112 Å². The second-order valence-corrected chi connectivity index (χ2v) is 16.7. The predicted molar refractivity (Wildman–Crippen MR) is 176 cm³/mol. The fourth-order valence-corrected chi connectivity index (χ4v) is 8.35. The Morgan fingerprint density at radius 3 is 1.46 bits per heavy atom. The Labute approximate surface area is 251 Å². The maximum Gasteiger partial charge on any atom is 0.0402 e. The minimum absolute atomic E-state index is 0.140. The van der Waals surface area contributed by atoms with Crippen LogP contribution in [0.25, 0.3) is 0 Å². The van der Waals surface area contributed by atoms with Crippen LogP contribution in [0.1, 0.15) is 89.5 Å². The summed E-state index contributed by atoms with van der Waals surface area (Å²) in [6.45, 7) is 24.0. The number of hydrogen-bond acceptors (Lipinski definition) is 4. The molecule has 4 nitrogen and oxygen atoms in total.